The molecule has 2 N–H and O–H groups in total. The minimum Gasteiger partial charge on any atom is -0.508 e. The summed E-state index contributed by atoms with van der Waals surface area (Å²) in [6.07, 6.45) is -4.68. The van der Waals surface area contributed by atoms with Crippen molar-refractivity contribution in [2.24, 2.45) is 0 Å². The van der Waals surface area contributed by atoms with Crippen LogP contribution in [0.4, 0.5) is 18.9 Å². The van der Waals surface area contributed by atoms with Gasteiger partial charge in [0.05, 0.1) is 5.51 Å². The lowest BCUT2D eigenvalue weighted by Crippen LogP contribution is -2.17. The lowest BCUT2D eigenvalue weighted by molar-refractivity contribution is -0.141. The molecule has 8 heteroatoms. The van der Waals surface area contributed by atoms with Gasteiger partial charge in [0.1, 0.15) is 10.6 Å². The molecule has 0 aliphatic heterocycles. The average Bonchev–Trinajstić information content (AvgIpc) is 2.77. The van der Waals surface area contributed by atoms with Crippen LogP contribution in [0.3, 0.4) is 0 Å². The Hall–Kier alpha value is -2.09. The van der Waals surface area contributed by atoms with Crippen LogP contribution in [0.2, 0.25) is 0 Å². The average molecular weight is 288 g/mol. The third-order valence-corrected chi connectivity index (χ3v) is 2.97. The summed E-state index contributed by atoms with van der Waals surface area (Å²) in [7, 11) is 0. The first-order valence-corrected chi connectivity index (χ1v) is 5.87. The maximum absolute atomic E-state index is 12.6. The monoisotopic (exact) mass is 288 g/mol. The van der Waals surface area contributed by atoms with Gasteiger partial charge in [-0.3, -0.25) is 4.79 Å². The van der Waals surface area contributed by atoms with E-state index in [1.54, 1.807) is 0 Å². The van der Waals surface area contributed by atoms with Gasteiger partial charge in [-0.2, -0.15) is 13.2 Å². The molecule has 2 aromatic rings. The maximum Gasteiger partial charge on any atom is 0.434 e. The van der Waals surface area contributed by atoms with Crippen LogP contribution in [0.5, 0.6) is 5.75 Å². The molecule has 0 spiro atoms. The number of aromatic nitrogens is 1. The van der Waals surface area contributed by atoms with Gasteiger partial charge < -0.3 is 10.4 Å². The summed E-state index contributed by atoms with van der Waals surface area (Å²) in [5.74, 6) is -1.02. The van der Waals surface area contributed by atoms with E-state index in [9.17, 15) is 23.1 Å². The number of rotatable bonds is 2. The third kappa shape index (κ3) is 3.02. The Morgan fingerprint density at radius 2 is 2.11 bits per heavy atom. The van der Waals surface area contributed by atoms with Gasteiger partial charge >= 0.3 is 6.18 Å². The van der Waals surface area contributed by atoms with E-state index in [4.69, 9.17) is 0 Å². The fourth-order valence-electron chi connectivity index (χ4n) is 1.38. The highest BCUT2D eigenvalue weighted by Crippen LogP contribution is 2.33. The van der Waals surface area contributed by atoms with E-state index in [-0.39, 0.29) is 11.4 Å². The number of anilines is 1. The van der Waals surface area contributed by atoms with Crippen LogP contribution < -0.4 is 5.32 Å². The minimum atomic E-state index is -4.68. The molecule has 0 saturated heterocycles. The van der Waals surface area contributed by atoms with Crippen molar-refractivity contribution in [3.8, 4) is 5.75 Å². The molecule has 0 radical (unpaired) electrons. The number of carbonyl (C=O) groups is 1. The van der Waals surface area contributed by atoms with Gasteiger partial charge in [0.15, 0.2) is 5.69 Å². The summed E-state index contributed by atoms with van der Waals surface area (Å²) in [5.41, 5.74) is -0.0538. The predicted octanol–water partition coefficient (Wildman–Crippen LogP) is 3.12. The number of thiazole rings is 1. The SMILES string of the molecule is O=C(Nc1cccc(O)c1)c1scnc1C(F)(F)F. The van der Waals surface area contributed by atoms with Crippen molar-refractivity contribution in [2.45, 2.75) is 6.18 Å². The second-order valence-corrected chi connectivity index (χ2v) is 4.39. The highest BCUT2D eigenvalue weighted by Gasteiger charge is 2.38. The summed E-state index contributed by atoms with van der Waals surface area (Å²) in [6.45, 7) is 0. The maximum atomic E-state index is 12.6. The summed E-state index contributed by atoms with van der Waals surface area (Å²) >= 11 is 0.602. The van der Waals surface area contributed by atoms with Gasteiger partial charge in [-0.05, 0) is 12.1 Å². The minimum absolute atomic E-state index is 0.0989. The highest BCUT2D eigenvalue weighted by atomic mass is 32.1. The highest BCUT2D eigenvalue weighted by molar-refractivity contribution is 7.12. The van der Waals surface area contributed by atoms with E-state index in [1.165, 1.54) is 24.3 Å². The second-order valence-electron chi connectivity index (χ2n) is 3.53. The van der Waals surface area contributed by atoms with E-state index >= 15 is 0 Å². The smallest absolute Gasteiger partial charge is 0.434 e. The Morgan fingerprint density at radius 1 is 1.37 bits per heavy atom. The summed E-state index contributed by atoms with van der Waals surface area (Å²) in [5, 5.41) is 11.5. The van der Waals surface area contributed by atoms with Gasteiger partial charge in [-0.1, -0.05) is 6.07 Å². The van der Waals surface area contributed by atoms with Crippen molar-refractivity contribution >= 4 is 22.9 Å². The summed E-state index contributed by atoms with van der Waals surface area (Å²) < 4.78 is 37.7. The number of aromatic hydroxyl groups is 1. The van der Waals surface area contributed by atoms with E-state index in [0.717, 1.165) is 5.51 Å². The van der Waals surface area contributed by atoms with Crippen LogP contribution in [0.1, 0.15) is 15.4 Å². The molecule has 0 unspecified atom stereocenters. The zero-order chi connectivity index (χ0) is 14.0. The fraction of sp³-hybridized carbons (Fsp3) is 0.0909. The molecule has 0 saturated carbocycles. The molecule has 1 aromatic carbocycles. The molecule has 0 aliphatic carbocycles. The number of phenolic OH excluding ortho intramolecular Hbond substituents is 1. The molecule has 1 aromatic heterocycles. The molecule has 1 amide bonds. The lowest BCUT2D eigenvalue weighted by Gasteiger charge is -2.07. The van der Waals surface area contributed by atoms with Gasteiger partial charge in [0.2, 0.25) is 0 Å². The number of benzene rings is 1. The fourth-order valence-corrected chi connectivity index (χ4v) is 2.08. The molecule has 0 atom stereocenters. The van der Waals surface area contributed by atoms with Gasteiger partial charge in [-0.25, -0.2) is 4.98 Å². The number of alkyl halides is 3. The van der Waals surface area contributed by atoms with Crippen LogP contribution in [0.15, 0.2) is 29.8 Å². The molecule has 19 heavy (non-hydrogen) atoms. The standard InChI is InChI=1S/C11H7F3N2O2S/c12-11(13,14)9-8(19-5-15-9)10(18)16-6-2-1-3-7(17)4-6/h1-5,17H,(H,16,18). The Kier molecular flexibility index (Phi) is 3.43. The number of amides is 1. The molecule has 100 valence electrons. The van der Waals surface area contributed by atoms with Crippen LogP contribution >= 0.6 is 11.3 Å². The van der Waals surface area contributed by atoms with E-state index in [0.29, 0.717) is 11.3 Å². The Balaban J connectivity index is 2.24. The number of halogens is 3. The first-order chi connectivity index (χ1) is 8.88. The van der Waals surface area contributed by atoms with Crippen LogP contribution in [0, 0.1) is 0 Å². The molecule has 4 nitrogen and oxygen atoms in total. The van der Waals surface area contributed by atoms with Crippen molar-refractivity contribution in [1.29, 1.82) is 0 Å². The zero-order valence-corrected chi connectivity index (χ0v) is 10.0. The molecule has 2 rings (SSSR count). The molecular weight excluding hydrogens is 281 g/mol. The second kappa shape index (κ2) is 4.88. The number of hydrogen-bond donors (Lipinski definition) is 2. The molecule has 1 heterocycles. The van der Waals surface area contributed by atoms with Crippen molar-refractivity contribution in [1.82, 2.24) is 4.98 Å². The zero-order valence-electron chi connectivity index (χ0n) is 9.23. The number of hydrogen-bond acceptors (Lipinski definition) is 4. The Morgan fingerprint density at radius 3 is 2.74 bits per heavy atom. The molecular formula is C11H7F3N2O2S. The van der Waals surface area contributed by atoms with Gasteiger partial charge in [0.25, 0.3) is 5.91 Å². The summed E-state index contributed by atoms with van der Waals surface area (Å²) in [4.78, 5) is 14.4. The van der Waals surface area contributed by atoms with Gasteiger partial charge in [0, 0.05) is 11.8 Å². The first-order valence-electron chi connectivity index (χ1n) is 4.99. The van der Waals surface area contributed by atoms with Crippen molar-refractivity contribution < 1.29 is 23.1 Å². The van der Waals surface area contributed by atoms with Crippen LogP contribution in [-0.2, 0) is 6.18 Å². The number of nitrogens with one attached hydrogen (secondary N) is 1. The normalized spacial score (nSPS) is 11.3. The molecule has 0 aliphatic rings. The first kappa shape index (κ1) is 13.3. The van der Waals surface area contributed by atoms with Crippen molar-refractivity contribution in [3.63, 3.8) is 0 Å². The lowest BCUT2D eigenvalue weighted by atomic mass is 10.3. The topological polar surface area (TPSA) is 62.2 Å². The van der Waals surface area contributed by atoms with Gasteiger partial charge in [-0.15, -0.1) is 11.3 Å². The summed E-state index contributed by atoms with van der Waals surface area (Å²) in [6, 6.07) is 5.52. The van der Waals surface area contributed by atoms with E-state index in [2.05, 4.69) is 10.3 Å². The molecule has 0 bridgehead atoms. The van der Waals surface area contributed by atoms with E-state index in [1.807, 2.05) is 0 Å². The third-order valence-electron chi connectivity index (χ3n) is 2.15. The van der Waals surface area contributed by atoms with Crippen LogP contribution in [0.25, 0.3) is 0 Å². The van der Waals surface area contributed by atoms with Crippen LogP contribution in [-0.4, -0.2) is 16.0 Å². The Bertz CT molecular complexity index is 610. The molecule has 0 fully saturated rings. The number of phenols is 1. The number of nitrogens with zero attached hydrogens (tertiary/aromatic N) is 1. The predicted molar refractivity (Wildman–Crippen MR) is 63.2 cm³/mol. The quantitative estimate of drug-likeness (QED) is 0.892. The van der Waals surface area contributed by atoms with Crippen molar-refractivity contribution in [2.75, 3.05) is 5.32 Å². The Labute approximate surface area is 109 Å². The van der Waals surface area contributed by atoms with Crippen molar-refractivity contribution in [3.05, 3.63) is 40.3 Å². The van der Waals surface area contributed by atoms with E-state index < -0.39 is 22.7 Å². The number of carbonyl (C=O) groups excluding carboxylic acids is 1. The largest absolute Gasteiger partial charge is 0.508 e.